The highest BCUT2D eigenvalue weighted by Gasteiger charge is 2.37. The lowest BCUT2D eigenvalue weighted by molar-refractivity contribution is -0.138. The van der Waals surface area contributed by atoms with Crippen molar-refractivity contribution in [3.8, 4) is 5.75 Å². The third kappa shape index (κ3) is 5.61. The minimum Gasteiger partial charge on any atom is -0.494 e. The maximum absolute atomic E-state index is 13.5. The van der Waals surface area contributed by atoms with Crippen LogP contribution in [0.2, 0.25) is 0 Å². The Hall–Kier alpha value is -1.80. The molecule has 0 unspecified atom stereocenters. The van der Waals surface area contributed by atoms with E-state index in [1.165, 1.54) is 36.3 Å². The highest BCUT2D eigenvalue weighted by molar-refractivity contribution is 5.96. The Morgan fingerprint density at radius 3 is 2.46 bits per heavy atom. The lowest BCUT2D eigenvalue weighted by Gasteiger charge is -2.28. The molecule has 0 radical (unpaired) electrons. The predicted octanol–water partition coefficient (Wildman–Crippen LogP) is 3.01. The second kappa shape index (κ2) is 9.60. The molecule has 0 aromatic heterocycles. The highest BCUT2D eigenvalue weighted by Crippen LogP contribution is 2.35. The van der Waals surface area contributed by atoms with E-state index in [2.05, 4.69) is 10.2 Å². The number of alkyl halides is 3. The number of ether oxygens (including phenoxy) is 1. The van der Waals surface area contributed by atoms with Gasteiger partial charge in [0.15, 0.2) is 0 Å². The summed E-state index contributed by atoms with van der Waals surface area (Å²) in [7, 11) is 0. The third-order valence-electron chi connectivity index (χ3n) is 5.27. The number of hydrogen-bond donors (Lipinski definition) is 1. The van der Waals surface area contributed by atoms with Gasteiger partial charge in [-0.05, 0) is 50.6 Å². The minimum absolute atomic E-state index is 0.155. The summed E-state index contributed by atoms with van der Waals surface area (Å²) in [6.45, 7) is 5.42. The average Bonchev–Trinajstić information content (AvgIpc) is 2.71. The fourth-order valence-corrected chi connectivity index (χ4v) is 3.73. The predicted molar refractivity (Wildman–Crippen MR) is 101 cm³/mol. The molecule has 0 atom stereocenters. The summed E-state index contributed by atoms with van der Waals surface area (Å²) >= 11 is 0. The molecule has 2 fully saturated rings. The van der Waals surface area contributed by atoms with Crippen LogP contribution >= 0.6 is 0 Å². The normalized spacial score (nSPS) is 18.9. The van der Waals surface area contributed by atoms with Gasteiger partial charge in [0.25, 0.3) is 5.91 Å². The van der Waals surface area contributed by atoms with Gasteiger partial charge in [-0.1, -0.05) is 6.42 Å². The van der Waals surface area contributed by atoms with Gasteiger partial charge in [0.05, 0.1) is 17.7 Å². The Bertz CT molecular complexity index is 655. The van der Waals surface area contributed by atoms with Gasteiger partial charge in [-0.25, -0.2) is 0 Å². The monoisotopic (exact) mass is 399 g/mol. The van der Waals surface area contributed by atoms with Gasteiger partial charge in [0, 0.05) is 32.7 Å². The summed E-state index contributed by atoms with van der Waals surface area (Å²) in [6.07, 6.45) is -0.155. The smallest absolute Gasteiger partial charge is 0.417 e. The summed E-state index contributed by atoms with van der Waals surface area (Å²) in [5.74, 6) is -0.423. The zero-order chi connectivity index (χ0) is 20.0. The number of benzene rings is 1. The molecule has 5 nitrogen and oxygen atoms in total. The van der Waals surface area contributed by atoms with Crippen molar-refractivity contribution in [2.45, 2.75) is 31.9 Å². The maximum Gasteiger partial charge on any atom is 0.417 e. The number of amides is 1. The quantitative estimate of drug-likeness (QED) is 0.747. The van der Waals surface area contributed by atoms with Gasteiger partial charge in [-0.2, -0.15) is 13.2 Å². The number of carbonyl (C=O) groups is 1. The van der Waals surface area contributed by atoms with Gasteiger partial charge in [0.1, 0.15) is 5.75 Å². The average molecular weight is 399 g/mol. The fraction of sp³-hybridized carbons (Fsp3) is 0.650. The molecule has 2 heterocycles. The molecule has 0 aliphatic carbocycles. The lowest BCUT2D eigenvalue weighted by Crippen LogP contribution is -2.46. The molecule has 2 saturated heterocycles. The Morgan fingerprint density at radius 2 is 1.79 bits per heavy atom. The summed E-state index contributed by atoms with van der Waals surface area (Å²) in [6, 6.07) is 3.66. The van der Waals surface area contributed by atoms with E-state index in [-0.39, 0.29) is 11.3 Å². The van der Waals surface area contributed by atoms with Crippen LogP contribution in [0.25, 0.3) is 0 Å². The van der Waals surface area contributed by atoms with E-state index < -0.39 is 17.6 Å². The number of carbonyl (C=O) groups excluding carboxylic acids is 1. The van der Waals surface area contributed by atoms with Crippen LogP contribution in [0.15, 0.2) is 18.2 Å². The highest BCUT2D eigenvalue weighted by atomic mass is 19.4. The first-order valence-electron chi connectivity index (χ1n) is 10.0. The van der Waals surface area contributed by atoms with E-state index in [0.29, 0.717) is 32.8 Å². The Balaban J connectivity index is 1.62. The van der Waals surface area contributed by atoms with Crippen molar-refractivity contribution >= 4 is 5.91 Å². The van der Waals surface area contributed by atoms with Crippen molar-refractivity contribution in [1.82, 2.24) is 15.1 Å². The first-order valence-corrected chi connectivity index (χ1v) is 10.0. The van der Waals surface area contributed by atoms with Gasteiger partial charge in [-0.15, -0.1) is 0 Å². The Morgan fingerprint density at radius 1 is 1.07 bits per heavy atom. The Labute approximate surface area is 163 Å². The number of halogens is 3. The topological polar surface area (TPSA) is 44.8 Å². The zero-order valence-electron chi connectivity index (χ0n) is 16.1. The largest absolute Gasteiger partial charge is 0.494 e. The van der Waals surface area contributed by atoms with Crippen molar-refractivity contribution in [2.24, 2.45) is 0 Å². The molecular weight excluding hydrogens is 371 g/mol. The molecule has 28 heavy (non-hydrogen) atoms. The fourth-order valence-electron chi connectivity index (χ4n) is 3.73. The molecule has 2 aliphatic rings. The van der Waals surface area contributed by atoms with Crippen LogP contribution in [0.5, 0.6) is 5.75 Å². The second-order valence-electron chi connectivity index (χ2n) is 7.35. The van der Waals surface area contributed by atoms with Crippen LogP contribution in [0.3, 0.4) is 0 Å². The molecule has 156 valence electrons. The molecule has 0 saturated carbocycles. The summed E-state index contributed by atoms with van der Waals surface area (Å²) < 4.78 is 46.2. The first-order chi connectivity index (χ1) is 13.4. The Kier molecular flexibility index (Phi) is 7.18. The number of piperazine rings is 1. The standard InChI is InChI=1S/C20H28F3N3O2/c21-20(22,23)18-15-16(28-14-4-11-25-9-2-1-3-10-25)5-6-17(18)19(27)26-12-7-24-8-13-26/h5-6,15,24H,1-4,7-14H2. The van der Waals surface area contributed by atoms with Crippen molar-refractivity contribution in [3.05, 3.63) is 29.3 Å². The number of nitrogens with zero attached hydrogens (tertiary/aromatic N) is 2. The van der Waals surface area contributed by atoms with E-state index in [9.17, 15) is 18.0 Å². The van der Waals surface area contributed by atoms with Crippen LogP contribution < -0.4 is 10.1 Å². The van der Waals surface area contributed by atoms with Crippen LogP contribution in [-0.2, 0) is 6.18 Å². The number of nitrogens with one attached hydrogen (secondary N) is 1. The van der Waals surface area contributed by atoms with Gasteiger partial charge in [-0.3, -0.25) is 4.79 Å². The number of likely N-dealkylation sites (tertiary alicyclic amines) is 1. The van der Waals surface area contributed by atoms with Gasteiger partial charge in [0.2, 0.25) is 0 Å². The van der Waals surface area contributed by atoms with Crippen molar-refractivity contribution in [1.29, 1.82) is 0 Å². The third-order valence-corrected chi connectivity index (χ3v) is 5.27. The molecule has 1 aromatic carbocycles. The molecule has 0 bridgehead atoms. The van der Waals surface area contributed by atoms with E-state index in [4.69, 9.17) is 4.74 Å². The number of rotatable bonds is 6. The number of hydrogen-bond acceptors (Lipinski definition) is 4. The lowest BCUT2D eigenvalue weighted by atomic mass is 10.0. The van der Waals surface area contributed by atoms with Crippen LogP contribution in [0, 0.1) is 0 Å². The molecule has 0 spiro atoms. The van der Waals surface area contributed by atoms with Crippen LogP contribution in [0.1, 0.15) is 41.6 Å². The SMILES string of the molecule is O=C(c1ccc(OCCCN2CCCCC2)cc1C(F)(F)F)N1CCNCC1. The minimum atomic E-state index is -4.60. The van der Waals surface area contributed by atoms with Crippen molar-refractivity contribution in [3.63, 3.8) is 0 Å². The summed E-state index contributed by atoms with van der Waals surface area (Å²) in [5, 5.41) is 3.09. The van der Waals surface area contributed by atoms with E-state index in [1.807, 2.05) is 0 Å². The molecule has 8 heteroatoms. The summed E-state index contributed by atoms with van der Waals surface area (Å²) in [5.41, 5.74) is -1.24. The van der Waals surface area contributed by atoms with Gasteiger partial charge < -0.3 is 19.9 Å². The molecule has 3 rings (SSSR count). The maximum atomic E-state index is 13.5. The molecular formula is C20H28F3N3O2. The van der Waals surface area contributed by atoms with Crippen LogP contribution in [0.4, 0.5) is 13.2 Å². The van der Waals surface area contributed by atoms with Crippen LogP contribution in [-0.4, -0.2) is 68.1 Å². The van der Waals surface area contributed by atoms with Crippen molar-refractivity contribution < 1.29 is 22.7 Å². The second-order valence-corrected chi connectivity index (χ2v) is 7.35. The van der Waals surface area contributed by atoms with E-state index in [0.717, 1.165) is 32.1 Å². The first kappa shape index (κ1) is 20.9. The number of piperidine rings is 1. The summed E-state index contributed by atoms with van der Waals surface area (Å²) in [4.78, 5) is 16.4. The van der Waals surface area contributed by atoms with E-state index in [1.54, 1.807) is 0 Å². The molecule has 2 aliphatic heterocycles. The molecule has 1 amide bonds. The van der Waals surface area contributed by atoms with Gasteiger partial charge >= 0.3 is 6.18 Å². The zero-order valence-corrected chi connectivity index (χ0v) is 16.1. The molecule has 1 aromatic rings. The van der Waals surface area contributed by atoms with E-state index >= 15 is 0 Å². The van der Waals surface area contributed by atoms with Crippen molar-refractivity contribution in [2.75, 3.05) is 52.4 Å². The molecule has 1 N–H and O–H groups in total.